The zero-order chi connectivity index (χ0) is 15.5. The molecule has 1 aromatic heterocycles. The molecule has 1 saturated heterocycles. The molecule has 3 rings (SSSR count). The maximum atomic E-state index is 12.9. The number of halogens is 1. The third-order valence-electron chi connectivity index (χ3n) is 4.32. The van der Waals surface area contributed by atoms with Crippen molar-refractivity contribution in [3.8, 4) is 0 Å². The summed E-state index contributed by atoms with van der Waals surface area (Å²) in [6, 6.07) is 10.2. The predicted molar refractivity (Wildman–Crippen MR) is 81.9 cm³/mol. The monoisotopic (exact) mass is 301 g/mol. The highest BCUT2D eigenvalue weighted by atomic mass is 19.1. The summed E-state index contributed by atoms with van der Waals surface area (Å²) in [5, 5.41) is 0. The lowest BCUT2D eigenvalue weighted by atomic mass is 10.00. The number of hydrogen-bond donors (Lipinski definition) is 0. The molecule has 0 aliphatic carbocycles. The number of amides is 1. The average molecular weight is 301 g/mol. The molecule has 2 aromatic rings. The molecule has 1 fully saturated rings. The first-order chi connectivity index (χ1) is 10.6. The number of carbonyl (C=O) groups is 1. The van der Waals surface area contributed by atoms with Crippen LogP contribution in [-0.4, -0.2) is 23.9 Å². The Kier molecular flexibility index (Phi) is 4.27. The largest absolute Gasteiger partial charge is 0.469 e. The Morgan fingerprint density at radius 1 is 1.36 bits per heavy atom. The van der Waals surface area contributed by atoms with Crippen molar-refractivity contribution in [3.05, 3.63) is 59.8 Å². The minimum absolute atomic E-state index is 0.0965. The molecular formula is C18H20FNO2. The van der Waals surface area contributed by atoms with Crippen LogP contribution >= 0.6 is 0 Å². The predicted octanol–water partition coefficient (Wildman–Crippen LogP) is 3.61. The number of rotatable bonds is 4. The van der Waals surface area contributed by atoms with Gasteiger partial charge in [0.2, 0.25) is 5.91 Å². The second-order valence-electron chi connectivity index (χ2n) is 6.02. The number of carbonyl (C=O) groups excluding carboxylic acids is 1. The molecule has 2 atom stereocenters. The molecule has 1 aromatic carbocycles. The van der Waals surface area contributed by atoms with E-state index in [9.17, 15) is 9.18 Å². The lowest BCUT2D eigenvalue weighted by Gasteiger charge is -2.21. The minimum Gasteiger partial charge on any atom is -0.469 e. The van der Waals surface area contributed by atoms with E-state index >= 15 is 0 Å². The van der Waals surface area contributed by atoms with E-state index in [0.717, 1.165) is 30.8 Å². The fraction of sp³-hybridized carbons (Fsp3) is 0.389. The maximum absolute atomic E-state index is 12.9. The van der Waals surface area contributed by atoms with E-state index in [0.29, 0.717) is 12.3 Å². The SMILES string of the molecule is CC(Cc1ccc(F)cc1)C(=O)N1CCC(c2ccco2)C1. The van der Waals surface area contributed by atoms with Crippen LogP contribution in [-0.2, 0) is 11.2 Å². The fourth-order valence-electron chi connectivity index (χ4n) is 3.09. The normalized spacial score (nSPS) is 19.4. The summed E-state index contributed by atoms with van der Waals surface area (Å²) in [6.45, 7) is 3.43. The van der Waals surface area contributed by atoms with Crippen LogP contribution in [0.1, 0.15) is 30.6 Å². The molecule has 0 bridgehead atoms. The van der Waals surface area contributed by atoms with Gasteiger partial charge in [0.15, 0.2) is 0 Å². The summed E-state index contributed by atoms with van der Waals surface area (Å²) in [7, 11) is 0. The van der Waals surface area contributed by atoms with E-state index in [4.69, 9.17) is 4.42 Å². The first-order valence-electron chi connectivity index (χ1n) is 7.70. The highest BCUT2D eigenvalue weighted by molar-refractivity contribution is 5.79. The van der Waals surface area contributed by atoms with Crippen molar-refractivity contribution < 1.29 is 13.6 Å². The fourth-order valence-corrected chi connectivity index (χ4v) is 3.09. The van der Waals surface area contributed by atoms with Gasteiger partial charge >= 0.3 is 0 Å². The lowest BCUT2D eigenvalue weighted by Crippen LogP contribution is -2.34. The van der Waals surface area contributed by atoms with Gasteiger partial charge in [0, 0.05) is 24.9 Å². The molecule has 4 heteroatoms. The topological polar surface area (TPSA) is 33.5 Å². The molecule has 1 aliphatic rings. The lowest BCUT2D eigenvalue weighted by molar-refractivity contribution is -0.133. The van der Waals surface area contributed by atoms with Crippen molar-refractivity contribution in [2.24, 2.45) is 5.92 Å². The summed E-state index contributed by atoms with van der Waals surface area (Å²) < 4.78 is 18.4. The third kappa shape index (κ3) is 3.21. The molecule has 0 radical (unpaired) electrons. The number of benzene rings is 1. The van der Waals surface area contributed by atoms with E-state index in [1.165, 1.54) is 12.1 Å². The zero-order valence-electron chi connectivity index (χ0n) is 12.7. The zero-order valence-corrected chi connectivity index (χ0v) is 12.7. The van der Waals surface area contributed by atoms with Crippen LogP contribution in [0.15, 0.2) is 47.1 Å². The van der Waals surface area contributed by atoms with E-state index in [1.807, 2.05) is 24.0 Å². The van der Waals surface area contributed by atoms with Crippen molar-refractivity contribution in [2.75, 3.05) is 13.1 Å². The smallest absolute Gasteiger partial charge is 0.225 e. The Balaban J connectivity index is 1.58. The molecular weight excluding hydrogens is 281 g/mol. The Labute approximate surface area is 129 Å². The molecule has 0 N–H and O–H groups in total. The minimum atomic E-state index is -0.247. The summed E-state index contributed by atoms with van der Waals surface area (Å²) in [5.41, 5.74) is 0.990. The van der Waals surface area contributed by atoms with Crippen LogP contribution < -0.4 is 0 Å². The number of nitrogens with zero attached hydrogens (tertiary/aromatic N) is 1. The van der Waals surface area contributed by atoms with Gasteiger partial charge in [0.05, 0.1) is 6.26 Å². The van der Waals surface area contributed by atoms with Gasteiger partial charge in [-0.05, 0) is 42.7 Å². The third-order valence-corrected chi connectivity index (χ3v) is 4.32. The van der Waals surface area contributed by atoms with Crippen molar-refractivity contribution >= 4 is 5.91 Å². The first kappa shape index (κ1) is 14.8. The standard InChI is InChI=1S/C18H20FNO2/c1-13(11-14-4-6-16(19)7-5-14)18(21)20-9-8-15(12-20)17-3-2-10-22-17/h2-7,10,13,15H,8-9,11-12H2,1H3. The average Bonchev–Trinajstić information content (AvgIpc) is 3.19. The highest BCUT2D eigenvalue weighted by Crippen LogP contribution is 2.28. The molecule has 2 heterocycles. The molecule has 22 heavy (non-hydrogen) atoms. The van der Waals surface area contributed by atoms with E-state index in [2.05, 4.69) is 0 Å². The summed E-state index contributed by atoms with van der Waals surface area (Å²) in [4.78, 5) is 14.5. The van der Waals surface area contributed by atoms with Crippen LogP contribution in [0.5, 0.6) is 0 Å². The van der Waals surface area contributed by atoms with Gasteiger partial charge < -0.3 is 9.32 Å². The molecule has 0 spiro atoms. The maximum Gasteiger partial charge on any atom is 0.225 e. The summed E-state index contributed by atoms with van der Waals surface area (Å²) in [6.07, 6.45) is 3.26. The second kappa shape index (κ2) is 6.34. The van der Waals surface area contributed by atoms with Gasteiger partial charge in [-0.25, -0.2) is 4.39 Å². The van der Waals surface area contributed by atoms with Gasteiger partial charge in [0.25, 0.3) is 0 Å². The number of likely N-dealkylation sites (tertiary alicyclic amines) is 1. The van der Waals surface area contributed by atoms with E-state index in [-0.39, 0.29) is 17.6 Å². The van der Waals surface area contributed by atoms with Crippen molar-refractivity contribution in [2.45, 2.75) is 25.7 Å². The molecule has 3 nitrogen and oxygen atoms in total. The molecule has 0 saturated carbocycles. The number of furan rings is 1. The van der Waals surface area contributed by atoms with Crippen LogP contribution in [0.3, 0.4) is 0 Å². The summed E-state index contributed by atoms with van der Waals surface area (Å²) >= 11 is 0. The second-order valence-corrected chi connectivity index (χ2v) is 6.02. The summed E-state index contributed by atoms with van der Waals surface area (Å²) in [5.74, 6) is 1.08. The van der Waals surface area contributed by atoms with E-state index < -0.39 is 0 Å². The van der Waals surface area contributed by atoms with Crippen LogP contribution in [0.25, 0.3) is 0 Å². The Hall–Kier alpha value is -2.10. The van der Waals surface area contributed by atoms with E-state index in [1.54, 1.807) is 18.4 Å². The molecule has 116 valence electrons. The van der Waals surface area contributed by atoms with Crippen molar-refractivity contribution in [3.63, 3.8) is 0 Å². The van der Waals surface area contributed by atoms with Crippen molar-refractivity contribution in [1.29, 1.82) is 0 Å². The number of hydrogen-bond acceptors (Lipinski definition) is 2. The first-order valence-corrected chi connectivity index (χ1v) is 7.70. The Bertz CT molecular complexity index is 621. The highest BCUT2D eigenvalue weighted by Gasteiger charge is 2.31. The van der Waals surface area contributed by atoms with Crippen LogP contribution in [0, 0.1) is 11.7 Å². The van der Waals surface area contributed by atoms with Gasteiger partial charge in [0.1, 0.15) is 11.6 Å². The van der Waals surface area contributed by atoms with Gasteiger partial charge in [-0.3, -0.25) is 4.79 Å². The Morgan fingerprint density at radius 2 is 2.14 bits per heavy atom. The van der Waals surface area contributed by atoms with Gasteiger partial charge in [-0.15, -0.1) is 0 Å². The van der Waals surface area contributed by atoms with Crippen LogP contribution in [0.2, 0.25) is 0 Å². The van der Waals surface area contributed by atoms with Gasteiger partial charge in [-0.1, -0.05) is 19.1 Å². The quantitative estimate of drug-likeness (QED) is 0.864. The molecule has 1 amide bonds. The van der Waals surface area contributed by atoms with Crippen molar-refractivity contribution in [1.82, 2.24) is 4.90 Å². The molecule has 1 aliphatic heterocycles. The van der Waals surface area contributed by atoms with Gasteiger partial charge in [-0.2, -0.15) is 0 Å². The Morgan fingerprint density at radius 3 is 2.82 bits per heavy atom. The molecule has 2 unspecified atom stereocenters. The van der Waals surface area contributed by atoms with Crippen LogP contribution in [0.4, 0.5) is 4.39 Å².